The Hall–Kier alpha value is -0.930. The lowest BCUT2D eigenvalue weighted by atomic mass is 9.89. The molecule has 0 fully saturated rings. The van der Waals surface area contributed by atoms with Crippen molar-refractivity contribution in [3.63, 3.8) is 0 Å². The van der Waals surface area contributed by atoms with Gasteiger partial charge in [-0.3, -0.25) is 0 Å². The van der Waals surface area contributed by atoms with E-state index in [2.05, 4.69) is 26.1 Å². The van der Waals surface area contributed by atoms with Crippen LogP contribution in [0.3, 0.4) is 0 Å². The molecule has 0 radical (unpaired) electrons. The van der Waals surface area contributed by atoms with Crippen LogP contribution in [0.2, 0.25) is 0 Å². The van der Waals surface area contributed by atoms with Crippen LogP contribution >= 0.6 is 0 Å². The van der Waals surface area contributed by atoms with Gasteiger partial charge in [-0.25, -0.2) is 4.39 Å². The summed E-state index contributed by atoms with van der Waals surface area (Å²) in [4.78, 5) is 0. The molecule has 2 nitrogen and oxygen atoms in total. The van der Waals surface area contributed by atoms with E-state index in [0.717, 1.165) is 5.56 Å². The Bertz CT molecular complexity index is 407. The standard InChI is InChI=1S/C15H24FNO/c1-11-6-7-12(16)10-13(11)15(5,18)8-9-17-14(2,3)4/h6-7,10,17-18H,8-9H2,1-5H3. The molecule has 1 aromatic rings. The quantitative estimate of drug-likeness (QED) is 0.864. The average molecular weight is 253 g/mol. The monoisotopic (exact) mass is 253 g/mol. The zero-order valence-corrected chi connectivity index (χ0v) is 12.0. The third kappa shape index (κ3) is 4.39. The fraction of sp³-hybridized carbons (Fsp3) is 0.600. The van der Waals surface area contributed by atoms with Gasteiger partial charge in [0.15, 0.2) is 0 Å². The van der Waals surface area contributed by atoms with Crippen molar-refractivity contribution in [2.24, 2.45) is 0 Å². The molecule has 0 aliphatic rings. The van der Waals surface area contributed by atoms with E-state index in [1.54, 1.807) is 13.0 Å². The van der Waals surface area contributed by atoms with Crippen molar-refractivity contribution in [3.05, 3.63) is 35.1 Å². The van der Waals surface area contributed by atoms with E-state index >= 15 is 0 Å². The van der Waals surface area contributed by atoms with Crippen LogP contribution in [0.4, 0.5) is 4.39 Å². The highest BCUT2D eigenvalue weighted by molar-refractivity contribution is 5.31. The number of hydrogen-bond acceptors (Lipinski definition) is 2. The van der Waals surface area contributed by atoms with Crippen molar-refractivity contribution in [1.29, 1.82) is 0 Å². The lowest BCUT2D eigenvalue weighted by Gasteiger charge is -2.28. The van der Waals surface area contributed by atoms with E-state index < -0.39 is 5.60 Å². The summed E-state index contributed by atoms with van der Waals surface area (Å²) in [5.41, 5.74) is 0.590. The Morgan fingerprint density at radius 2 is 1.83 bits per heavy atom. The first-order chi connectivity index (χ1) is 8.12. The highest BCUT2D eigenvalue weighted by atomic mass is 19.1. The molecule has 0 amide bonds. The summed E-state index contributed by atoms with van der Waals surface area (Å²) in [7, 11) is 0. The minimum Gasteiger partial charge on any atom is -0.385 e. The number of hydrogen-bond donors (Lipinski definition) is 2. The molecule has 102 valence electrons. The molecule has 3 heteroatoms. The van der Waals surface area contributed by atoms with E-state index in [9.17, 15) is 9.50 Å². The molecule has 0 aromatic heterocycles. The highest BCUT2D eigenvalue weighted by Crippen LogP contribution is 2.27. The summed E-state index contributed by atoms with van der Waals surface area (Å²) in [5, 5.41) is 13.8. The molecule has 1 rings (SSSR count). The number of rotatable bonds is 4. The minimum atomic E-state index is -1.01. The molecule has 0 saturated carbocycles. The number of aryl methyl sites for hydroxylation is 1. The first-order valence-corrected chi connectivity index (χ1v) is 6.36. The lowest BCUT2D eigenvalue weighted by Crippen LogP contribution is -2.39. The van der Waals surface area contributed by atoms with Gasteiger partial charge in [0.05, 0.1) is 5.60 Å². The van der Waals surface area contributed by atoms with Gasteiger partial charge in [0.1, 0.15) is 5.82 Å². The second kappa shape index (κ2) is 5.37. The molecular formula is C15H24FNO. The molecule has 0 heterocycles. The molecule has 1 atom stereocenters. The fourth-order valence-corrected chi connectivity index (χ4v) is 1.99. The van der Waals surface area contributed by atoms with Gasteiger partial charge < -0.3 is 10.4 Å². The van der Waals surface area contributed by atoms with Crippen molar-refractivity contribution in [2.75, 3.05) is 6.54 Å². The van der Waals surface area contributed by atoms with Crippen molar-refractivity contribution >= 4 is 0 Å². The molecular weight excluding hydrogens is 229 g/mol. The van der Waals surface area contributed by atoms with Crippen LogP contribution in [-0.4, -0.2) is 17.2 Å². The normalized spacial score (nSPS) is 15.5. The maximum absolute atomic E-state index is 13.3. The number of benzene rings is 1. The molecule has 1 unspecified atom stereocenters. The van der Waals surface area contributed by atoms with E-state index in [1.807, 2.05) is 6.92 Å². The van der Waals surface area contributed by atoms with Crippen LogP contribution in [-0.2, 0) is 5.60 Å². The van der Waals surface area contributed by atoms with Crippen LogP contribution in [0.15, 0.2) is 18.2 Å². The Balaban J connectivity index is 2.76. The van der Waals surface area contributed by atoms with Gasteiger partial charge in [-0.1, -0.05) is 6.07 Å². The Labute approximate surface area is 109 Å². The van der Waals surface area contributed by atoms with Crippen LogP contribution in [0.5, 0.6) is 0 Å². The zero-order chi connectivity index (χ0) is 14.0. The van der Waals surface area contributed by atoms with E-state index in [1.165, 1.54) is 12.1 Å². The summed E-state index contributed by atoms with van der Waals surface area (Å²) in [6.07, 6.45) is 0.550. The first-order valence-electron chi connectivity index (χ1n) is 6.36. The molecule has 0 bridgehead atoms. The molecule has 0 aliphatic heterocycles. The van der Waals surface area contributed by atoms with E-state index in [-0.39, 0.29) is 11.4 Å². The predicted octanol–water partition coefficient (Wildman–Crippen LogP) is 3.12. The fourth-order valence-electron chi connectivity index (χ4n) is 1.99. The van der Waals surface area contributed by atoms with Gasteiger partial charge in [-0.05, 0) is 70.8 Å². The summed E-state index contributed by atoms with van der Waals surface area (Å²) in [6.45, 7) is 10.5. The van der Waals surface area contributed by atoms with Crippen molar-refractivity contribution in [1.82, 2.24) is 5.32 Å². The number of nitrogens with one attached hydrogen (secondary N) is 1. The summed E-state index contributed by atoms with van der Waals surface area (Å²) < 4.78 is 13.3. The molecule has 0 saturated heterocycles. The zero-order valence-electron chi connectivity index (χ0n) is 12.0. The third-order valence-corrected chi connectivity index (χ3v) is 3.05. The first kappa shape index (κ1) is 15.1. The highest BCUT2D eigenvalue weighted by Gasteiger charge is 2.25. The van der Waals surface area contributed by atoms with Crippen LogP contribution in [0.1, 0.15) is 45.2 Å². The third-order valence-electron chi connectivity index (χ3n) is 3.05. The van der Waals surface area contributed by atoms with E-state index in [4.69, 9.17) is 0 Å². The Morgan fingerprint density at radius 1 is 1.22 bits per heavy atom. The van der Waals surface area contributed by atoms with Gasteiger partial charge in [0.25, 0.3) is 0 Å². The summed E-state index contributed by atoms with van der Waals surface area (Å²) >= 11 is 0. The Morgan fingerprint density at radius 3 is 2.39 bits per heavy atom. The topological polar surface area (TPSA) is 32.3 Å². The van der Waals surface area contributed by atoms with Gasteiger partial charge >= 0.3 is 0 Å². The summed E-state index contributed by atoms with van der Waals surface area (Å²) in [5.74, 6) is -0.306. The second-order valence-electron chi connectivity index (χ2n) is 6.16. The smallest absolute Gasteiger partial charge is 0.123 e. The minimum absolute atomic E-state index is 0.0209. The number of aliphatic hydroxyl groups is 1. The second-order valence-corrected chi connectivity index (χ2v) is 6.16. The lowest BCUT2D eigenvalue weighted by molar-refractivity contribution is 0.0454. The molecule has 2 N–H and O–H groups in total. The summed E-state index contributed by atoms with van der Waals surface area (Å²) in [6, 6.07) is 4.55. The predicted molar refractivity (Wildman–Crippen MR) is 73.1 cm³/mol. The molecule has 0 aliphatic carbocycles. The maximum Gasteiger partial charge on any atom is 0.123 e. The number of halogens is 1. The SMILES string of the molecule is Cc1ccc(F)cc1C(C)(O)CCNC(C)(C)C. The maximum atomic E-state index is 13.3. The van der Waals surface area contributed by atoms with Crippen LogP contribution < -0.4 is 5.32 Å². The van der Waals surface area contributed by atoms with Crippen molar-refractivity contribution < 1.29 is 9.50 Å². The Kier molecular flexibility index (Phi) is 4.51. The van der Waals surface area contributed by atoms with Gasteiger partial charge in [0, 0.05) is 5.54 Å². The largest absolute Gasteiger partial charge is 0.385 e. The van der Waals surface area contributed by atoms with Gasteiger partial charge in [0.2, 0.25) is 0 Å². The average Bonchev–Trinajstić information content (AvgIpc) is 2.19. The van der Waals surface area contributed by atoms with Crippen LogP contribution in [0, 0.1) is 12.7 Å². The molecule has 1 aromatic carbocycles. The van der Waals surface area contributed by atoms with Crippen LogP contribution in [0.25, 0.3) is 0 Å². The molecule has 18 heavy (non-hydrogen) atoms. The van der Waals surface area contributed by atoms with Gasteiger partial charge in [-0.15, -0.1) is 0 Å². The molecule has 0 spiro atoms. The van der Waals surface area contributed by atoms with Crippen molar-refractivity contribution in [2.45, 2.75) is 52.2 Å². The van der Waals surface area contributed by atoms with E-state index in [0.29, 0.717) is 18.5 Å². The van der Waals surface area contributed by atoms with Crippen molar-refractivity contribution in [3.8, 4) is 0 Å². The van der Waals surface area contributed by atoms with Gasteiger partial charge in [-0.2, -0.15) is 0 Å².